The summed E-state index contributed by atoms with van der Waals surface area (Å²) in [6, 6.07) is 15.9. The number of benzene rings is 2. The SMILES string of the molecule is COc1ccc(-[n+]2noc([O-])c2C(=O)c2sc3nc(C)c(C(C)=O)c(-c4ccccc4)c3c2N)cc1. The van der Waals surface area contributed by atoms with Crippen molar-refractivity contribution in [1.82, 2.24) is 10.3 Å². The Balaban J connectivity index is 1.73. The molecule has 9 nitrogen and oxygen atoms in total. The standard InChI is InChI=1S/C26H20N4O5S/c1-13-18(14(2)31)19(15-7-5-4-6-8-15)20-21(27)24(36-25(20)28-13)23(32)22-26(33)35-29-30(22)16-9-11-17(34-3)12-10-16/h4-12H,1-3H3,(H2-,27,29,32,33). The molecule has 0 unspecified atom stereocenters. The maximum absolute atomic E-state index is 13.7. The van der Waals surface area contributed by atoms with Gasteiger partial charge in [-0.3, -0.25) is 9.59 Å². The quantitative estimate of drug-likeness (QED) is 0.276. The van der Waals surface area contributed by atoms with Gasteiger partial charge in [0.2, 0.25) is 5.69 Å². The molecule has 180 valence electrons. The van der Waals surface area contributed by atoms with Crippen molar-refractivity contribution in [2.24, 2.45) is 0 Å². The molecule has 0 atom stereocenters. The van der Waals surface area contributed by atoms with E-state index in [1.54, 1.807) is 31.2 Å². The van der Waals surface area contributed by atoms with Crippen molar-refractivity contribution < 1.29 is 28.6 Å². The van der Waals surface area contributed by atoms with Crippen LogP contribution in [0.4, 0.5) is 5.69 Å². The summed E-state index contributed by atoms with van der Waals surface area (Å²) in [5.74, 6) is -1.12. The molecule has 0 saturated heterocycles. The Labute approximate surface area is 209 Å². The zero-order chi connectivity index (χ0) is 25.6. The fourth-order valence-electron chi connectivity index (χ4n) is 4.20. The number of ether oxygens (including phenoxy) is 1. The second-order valence-electron chi connectivity index (χ2n) is 8.04. The number of anilines is 1. The molecule has 0 aliphatic heterocycles. The summed E-state index contributed by atoms with van der Waals surface area (Å²) in [6.45, 7) is 3.21. The molecule has 0 bridgehead atoms. The Bertz CT molecular complexity index is 1640. The van der Waals surface area contributed by atoms with Gasteiger partial charge < -0.3 is 20.1 Å². The average Bonchev–Trinajstić information content (AvgIpc) is 3.42. The van der Waals surface area contributed by atoms with Crippen molar-refractivity contribution in [3.63, 3.8) is 0 Å². The van der Waals surface area contributed by atoms with Crippen LogP contribution in [0.2, 0.25) is 0 Å². The number of ketones is 2. The lowest BCUT2D eigenvalue weighted by Crippen LogP contribution is -2.39. The van der Waals surface area contributed by atoms with Gasteiger partial charge in [0, 0.05) is 28.6 Å². The van der Waals surface area contributed by atoms with Crippen molar-refractivity contribution in [2.45, 2.75) is 13.8 Å². The van der Waals surface area contributed by atoms with E-state index in [9.17, 15) is 14.7 Å². The molecule has 0 saturated carbocycles. The van der Waals surface area contributed by atoms with E-state index in [-0.39, 0.29) is 22.0 Å². The molecule has 5 aromatic rings. The van der Waals surface area contributed by atoms with Gasteiger partial charge >= 0.3 is 5.69 Å². The third-order valence-electron chi connectivity index (χ3n) is 5.82. The lowest BCUT2D eigenvalue weighted by Gasteiger charge is -2.12. The molecule has 0 amide bonds. The van der Waals surface area contributed by atoms with Gasteiger partial charge in [0.1, 0.15) is 15.5 Å². The van der Waals surface area contributed by atoms with Crippen molar-refractivity contribution >= 4 is 38.8 Å². The molecule has 2 N–H and O–H groups in total. The number of aromatic nitrogens is 3. The van der Waals surface area contributed by atoms with Crippen LogP contribution in [-0.4, -0.2) is 28.9 Å². The normalized spacial score (nSPS) is 11.1. The molecule has 36 heavy (non-hydrogen) atoms. The number of aryl methyl sites for hydroxylation is 1. The van der Waals surface area contributed by atoms with Crippen LogP contribution < -0.4 is 20.3 Å². The number of rotatable bonds is 6. The molecule has 0 fully saturated rings. The van der Waals surface area contributed by atoms with Crippen molar-refractivity contribution in [3.05, 3.63) is 76.4 Å². The number of pyridine rings is 1. The predicted molar refractivity (Wildman–Crippen MR) is 132 cm³/mol. The highest BCUT2D eigenvalue weighted by molar-refractivity contribution is 7.21. The van der Waals surface area contributed by atoms with Crippen molar-refractivity contribution in [2.75, 3.05) is 12.8 Å². The second kappa shape index (κ2) is 8.90. The Morgan fingerprint density at radius 3 is 2.44 bits per heavy atom. The summed E-state index contributed by atoms with van der Waals surface area (Å²) in [4.78, 5) is 31.5. The molecule has 0 aliphatic carbocycles. The number of methoxy groups -OCH3 is 1. The van der Waals surface area contributed by atoms with Gasteiger partial charge in [0.15, 0.2) is 11.7 Å². The molecule has 3 aromatic heterocycles. The number of hydrogen-bond donors (Lipinski definition) is 1. The lowest BCUT2D eigenvalue weighted by atomic mass is 9.93. The Hall–Kier alpha value is -4.57. The topological polar surface area (TPSA) is 135 Å². The number of fused-ring (bicyclic) bond motifs is 1. The van der Waals surface area contributed by atoms with Gasteiger partial charge in [-0.1, -0.05) is 30.3 Å². The largest absolute Gasteiger partial charge is 0.539 e. The number of carbonyl (C=O) groups is 2. The summed E-state index contributed by atoms with van der Waals surface area (Å²) >= 11 is 1.05. The third-order valence-corrected chi connectivity index (χ3v) is 6.92. The molecule has 0 spiro atoms. The summed E-state index contributed by atoms with van der Waals surface area (Å²) < 4.78 is 11.1. The van der Waals surface area contributed by atoms with E-state index < -0.39 is 11.7 Å². The Morgan fingerprint density at radius 2 is 1.81 bits per heavy atom. The monoisotopic (exact) mass is 500 g/mol. The fraction of sp³-hybridized carbons (Fsp3) is 0.115. The van der Waals surface area contributed by atoms with Gasteiger partial charge in [0.25, 0.3) is 5.78 Å². The van der Waals surface area contributed by atoms with Crippen LogP contribution in [0, 0.1) is 6.92 Å². The van der Waals surface area contributed by atoms with Crippen LogP contribution in [0.5, 0.6) is 11.7 Å². The molecule has 5 rings (SSSR count). The van der Waals surface area contributed by atoms with E-state index in [4.69, 9.17) is 15.0 Å². The van der Waals surface area contributed by atoms with Crippen molar-refractivity contribution in [3.8, 4) is 28.5 Å². The number of nitrogen functional groups attached to an aromatic ring is 1. The fourth-order valence-corrected chi connectivity index (χ4v) is 5.29. The minimum Gasteiger partial charge on any atom is -0.539 e. The molecule has 3 heterocycles. The minimum absolute atomic E-state index is 0.109. The maximum atomic E-state index is 13.7. The van der Waals surface area contributed by atoms with E-state index in [1.165, 1.54) is 14.0 Å². The minimum atomic E-state index is -0.899. The van der Waals surface area contributed by atoms with Crippen LogP contribution >= 0.6 is 11.3 Å². The van der Waals surface area contributed by atoms with Crippen molar-refractivity contribution in [1.29, 1.82) is 0 Å². The van der Waals surface area contributed by atoms with Gasteiger partial charge in [-0.15, -0.1) is 11.3 Å². The number of nitrogens with two attached hydrogens (primary N) is 1. The highest BCUT2D eigenvalue weighted by Gasteiger charge is 2.33. The van der Waals surface area contributed by atoms with Crippen LogP contribution in [0.1, 0.15) is 38.3 Å². The highest BCUT2D eigenvalue weighted by Crippen LogP contribution is 2.43. The first kappa shape index (κ1) is 23.2. The first-order valence-electron chi connectivity index (χ1n) is 10.9. The molecular formula is C26H20N4O5S. The van der Waals surface area contributed by atoms with E-state index in [0.717, 1.165) is 21.6 Å². The summed E-state index contributed by atoms with van der Waals surface area (Å²) in [6.07, 6.45) is 0. The Kier molecular flexibility index (Phi) is 5.73. The van der Waals surface area contributed by atoms with Gasteiger partial charge in [-0.05, 0) is 36.2 Å². The molecule has 10 heteroatoms. The number of carbonyl (C=O) groups excluding carboxylic acids is 2. The average molecular weight is 501 g/mol. The smallest absolute Gasteiger partial charge is 0.312 e. The van der Waals surface area contributed by atoms with Crippen LogP contribution in [0.25, 0.3) is 27.0 Å². The molecular weight excluding hydrogens is 480 g/mol. The summed E-state index contributed by atoms with van der Waals surface area (Å²) in [5.41, 5.74) is 9.13. The van der Waals surface area contributed by atoms with Gasteiger partial charge in [-0.25, -0.2) is 4.98 Å². The first-order valence-corrected chi connectivity index (χ1v) is 11.7. The second-order valence-corrected chi connectivity index (χ2v) is 9.04. The van der Waals surface area contributed by atoms with Crippen LogP contribution in [-0.2, 0) is 0 Å². The molecule has 0 aliphatic rings. The number of Topliss-reactive ketones (excluding diaryl/α,β-unsaturated/α-hetero) is 1. The van der Waals surface area contributed by atoms with E-state index in [2.05, 4.69) is 10.3 Å². The third kappa shape index (κ3) is 3.68. The summed E-state index contributed by atoms with van der Waals surface area (Å²) in [5, 5.41) is 16.8. The number of nitrogens with zero attached hydrogens (tertiary/aromatic N) is 3. The highest BCUT2D eigenvalue weighted by atomic mass is 32.1. The van der Waals surface area contributed by atoms with Crippen LogP contribution in [0.15, 0.2) is 59.1 Å². The van der Waals surface area contributed by atoms with E-state index in [1.807, 2.05) is 30.3 Å². The predicted octanol–water partition coefficient (Wildman–Crippen LogP) is 3.63. The zero-order valence-corrected chi connectivity index (χ0v) is 20.4. The van der Waals surface area contributed by atoms with E-state index >= 15 is 0 Å². The molecule has 2 aromatic carbocycles. The lowest BCUT2D eigenvalue weighted by molar-refractivity contribution is -0.672. The van der Waals surface area contributed by atoms with E-state index in [0.29, 0.717) is 38.5 Å². The first-order chi connectivity index (χ1) is 17.3. The maximum Gasteiger partial charge on any atom is 0.312 e. The number of hydrogen-bond acceptors (Lipinski definition) is 9. The van der Waals surface area contributed by atoms with Crippen LogP contribution in [0.3, 0.4) is 0 Å². The van der Waals surface area contributed by atoms with Gasteiger partial charge in [-0.2, -0.15) is 0 Å². The molecule has 0 radical (unpaired) electrons. The zero-order valence-electron chi connectivity index (χ0n) is 19.6. The summed E-state index contributed by atoms with van der Waals surface area (Å²) in [7, 11) is 1.53. The Morgan fingerprint density at radius 1 is 1.11 bits per heavy atom. The van der Waals surface area contributed by atoms with Gasteiger partial charge in [0.05, 0.1) is 23.8 Å². The number of thiophene rings is 1.